The Bertz CT molecular complexity index is 2440. The lowest BCUT2D eigenvalue weighted by Gasteiger charge is -2.38. The summed E-state index contributed by atoms with van der Waals surface area (Å²) >= 11 is 0. The van der Waals surface area contributed by atoms with E-state index < -0.39 is 41.9 Å². The number of alkyl halides is 2. The molecule has 3 atom stereocenters. The van der Waals surface area contributed by atoms with Crippen LogP contribution < -0.4 is 19.5 Å². The first kappa shape index (κ1) is 41.4. The number of carbonyl (C=O) groups is 3. The van der Waals surface area contributed by atoms with Crippen molar-refractivity contribution in [3.8, 4) is 28.4 Å². The predicted octanol–water partition coefficient (Wildman–Crippen LogP) is 8.24. The zero-order valence-corrected chi connectivity index (χ0v) is 34.5. The van der Waals surface area contributed by atoms with Gasteiger partial charge in [-0.3, -0.25) is 14.6 Å². The molecule has 12 nitrogen and oxygen atoms in total. The Labute approximate surface area is 352 Å². The zero-order chi connectivity index (χ0) is 43.0. The second kappa shape index (κ2) is 17.0. The summed E-state index contributed by atoms with van der Waals surface area (Å²) in [5, 5.41) is 13.1. The molecule has 0 radical (unpaired) electrons. The van der Waals surface area contributed by atoms with Gasteiger partial charge in [0, 0.05) is 44.6 Å². The van der Waals surface area contributed by atoms with E-state index in [1.165, 1.54) is 4.90 Å². The molecule has 2 amide bonds. The summed E-state index contributed by atoms with van der Waals surface area (Å²) in [5.41, 5.74) is 6.75. The molecule has 2 aromatic heterocycles. The summed E-state index contributed by atoms with van der Waals surface area (Å²) in [5.74, 6) is -2.87. The lowest BCUT2D eigenvalue weighted by atomic mass is 9.87. The van der Waals surface area contributed by atoms with Gasteiger partial charge in [-0.2, -0.15) is 0 Å². The second-order valence-corrected chi connectivity index (χ2v) is 16.3. The third-order valence-electron chi connectivity index (χ3n) is 12.1. The minimum atomic E-state index is -2.59. The molecular weight excluding hydrogens is 787 g/mol. The number of nitrogens with zero attached hydrogens (tertiary/aromatic N) is 3. The van der Waals surface area contributed by atoms with E-state index in [4.69, 9.17) is 18.6 Å². The largest absolute Gasteiger partial charge is 0.493 e. The molecule has 3 aromatic carbocycles. The van der Waals surface area contributed by atoms with E-state index in [0.29, 0.717) is 65.9 Å². The van der Waals surface area contributed by atoms with Gasteiger partial charge in [0.2, 0.25) is 11.8 Å². The molecule has 1 saturated carbocycles. The van der Waals surface area contributed by atoms with Crippen LogP contribution >= 0.6 is 0 Å². The molecule has 14 heteroatoms. The lowest BCUT2D eigenvalue weighted by molar-refractivity contribution is -0.142. The number of hydrogen-bond acceptors (Lipinski definition) is 9. The highest BCUT2D eigenvalue weighted by atomic mass is 19.3. The van der Waals surface area contributed by atoms with E-state index in [1.54, 1.807) is 26.1 Å². The number of nitrogens with one attached hydrogen (secondary N) is 1. The molecule has 3 aliphatic rings. The quantitative estimate of drug-likeness (QED) is 0.133. The number of carbonyl (C=O) groups excluding carboxylic acids is 2. The molecule has 61 heavy (non-hydrogen) atoms. The van der Waals surface area contributed by atoms with Crippen LogP contribution in [0.5, 0.6) is 17.2 Å². The van der Waals surface area contributed by atoms with E-state index in [0.717, 1.165) is 33.5 Å². The third-order valence-corrected chi connectivity index (χ3v) is 12.1. The van der Waals surface area contributed by atoms with Crippen LogP contribution in [0.3, 0.4) is 0 Å². The number of rotatable bonds is 11. The van der Waals surface area contributed by atoms with Crippen molar-refractivity contribution < 1.29 is 46.9 Å². The van der Waals surface area contributed by atoms with E-state index in [-0.39, 0.29) is 44.0 Å². The van der Waals surface area contributed by atoms with Crippen molar-refractivity contribution >= 4 is 17.8 Å². The number of pyridine rings is 1. The Morgan fingerprint density at radius 3 is 2.41 bits per heavy atom. The number of aromatic nitrogens is 2. The monoisotopic (exact) mass is 834 g/mol. The van der Waals surface area contributed by atoms with Crippen molar-refractivity contribution in [2.45, 2.75) is 90.3 Å². The summed E-state index contributed by atoms with van der Waals surface area (Å²) in [7, 11) is 0. The van der Waals surface area contributed by atoms with Crippen molar-refractivity contribution in [2.24, 2.45) is 5.92 Å². The minimum Gasteiger partial charge on any atom is -0.493 e. The molecular formula is C47H48F2N4O8. The number of carboxylic acids is 1. The molecule has 4 heterocycles. The number of oxazole rings is 1. The first-order valence-corrected chi connectivity index (χ1v) is 20.6. The molecule has 5 aromatic rings. The Hall–Kier alpha value is -6.31. The van der Waals surface area contributed by atoms with Crippen LogP contribution in [-0.4, -0.2) is 69.5 Å². The molecule has 1 fully saturated rings. The van der Waals surface area contributed by atoms with Crippen molar-refractivity contribution in [3.05, 3.63) is 124 Å². The molecule has 318 valence electrons. The Kier molecular flexibility index (Phi) is 11.5. The molecule has 0 saturated heterocycles. The maximum absolute atomic E-state index is 14.5. The molecule has 8 rings (SSSR count). The van der Waals surface area contributed by atoms with Gasteiger partial charge in [-0.1, -0.05) is 36.4 Å². The number of halogens is 2. The van der Waals surface area contributed by atoms with Gasteiger partial charge >= 0.3 is 5.97 Å². The SMILES string of the molecule is Cc1nc(C(=O)N2CCc3cc4c(cc3[C@H]2C(=O)NC(Cc2ccc(-c3ccnc(C)c3C)cc2)C(=O)O)O[C@@H](c2ccc(OCC3CCC(F)(F)CC3)cc2)CO4)c(C)o1. The topological polar surface area (TPSA) is 153 Å². The number of hydrogen-bond donors (Lipinski definition) is 2. The Morgan fingerprint density at radius 2 is 1.72 bits per heavy atom. The highest BCUT2D eigenvalue weighted by molar-refractivity contribution is 5.98. The standard InChI is InChI=1S/C47H48F2N4O8/c1-26-27(2)50-19-15-36(26)32-7-5-30(6-8-32)21-38(46(56)57)52-44(54)43-37-23-40-39(22-34(37)16-20-53(43)45(55)42-28(3)60-29(4)51-42)59-25-41(61-40)33-9-11-35(12-10-33)58-24-31-13-17-47(48,49)18-14-31/h5-12,15,19,22-23,31,38,41,43H,13-14,16-18,20-21,24-25H2,1-4H3,(H,52,54)(H,56,57)/t38?,41-,43+/m1/s1. The fraction of sp³-hybridized carbons (Fsp3) is 0.383. The minimum absolute atomic E-state index is 0.00301. The van der Waals surface area contributed by atoms with Gasteiger partial charge in [0.1, 0.15) is 30.2 Å². The van der Waals surface area contributed by atoms with Crippen molar-refractivity contribution in [1.82, 2.24) is 20.2 Å². The third kappa shape index (κ3) is 8.94. The average molecular weight is 835 g/mol. The molecule has 0 bridgehead atoms. The number of fused-ring (bicyclic) bond motifs is 2. The van der Waals surface area contributed by atoms with Gasteiger partial charge in [-0.15, -0.1) is 0 Å². The van der Waals surface area contributed by atoms with Crippen LogP contribution in [0.15, 0.2) is 77.3 Å². The first-order chi connectivity index (χ1) is 29.2. The highest BCUT2D eigenvalue weighted by Gasteiger charge is 2.41. The summed E-state index contributed by atoms with van der Waals surface area (Å²) in [6.45, 7) is 7.94. The van der Waals surface area contributed by atoms with E-state index >= 15 is 0 Å². The number of carboxylic acid groups (broad SMARTS) is 1. The van der Waals surface area contributed by atoms with Crippen LogP contribution in [0, 0.1) is 33.6 Å². The van der Waals surface area contributed by atoms with Gasteiger partial charge < -0.3 is 34.0 Å². The maximum Gasteiger partial charge on any atom is 0.326 e. The van der Waals surface area contributed by atoms with Gasteiger partial charge in [-0.05, 0) is 115 Å². The van der Waals surface area contributed by atoms with Crippen LogP contribution in [0.1, 0.15) is 93.5 Å². The van der Waals surface area contributed by atoms with Crippen molar-refractivity contribution in [2.75, 3.05) is 19.8 Å². The van der Waals surface area contributed by atoms with Gasteiger partial charge in [0.25, 0.3) is 5.91 Å². The molecule has 2 aliphatic heterocycles. The number of amides is 2. The fourth-order valence-electron chi connectivity index (χ4n) is 8.43. The second-order valence-electron chi connectivity index (χ2n) is 16.3. The van der Waals surface area contributed by atoms with Crippen LogP contribution in [0.2, 0.25) is 0 Å². The van der Waals surface area contributed by atoms with Crippen molar-refractivity contribution in [3.63, 3.8) is 0 Å². The number of aryl methyl sites for hydroxylation is 3. The molecule has 1 unspecified atom stereocenters. The summed E-state index contributed by atoms with van der Waals surface area (Å²) in [6, 6.07) is 17.8. The van der Waals surface area contributed by atoms with Gasteiger partial charge in [0.15, 0.2) is 29.2 Å². The summed E-state index contributed by atoms with van der Waals surface area (Å²) in [6.07, 6.45) is 2.24. The highest BCUT2D eigenvalue weighted by Crippen LogP contribution is 2.43. The number of aliphatic carboxylic acids is 1. The Balaban J connectivity index is 1.03. The molecule has 1 aliphatic carbocycles. The van der Waals surface area contributed by atoms with Gasteiger partial charge in [0.05, 0.1) is 6.61 Å². The van der Waals surface area contributed by atoms with E-state index in [1.807, 2.05) is 74.5 Å². The van der Waals surface area contributed by atoms with Gasteiger partial charge in [-0.25, -0.2) is 18.6 Å². The Morgan fingerprint density at radius 1 is 0.984 bits per heavy atom. The van der Waals surface area contributed by atoms with E-state index in [2.05, 4.69) is 15.3 Å². The van der Waals surface area contributed by atoms with Crippen LogP contribution in [-0.2, 0) is 22.4 Å². The predicted molar refractivity (Wildman–Crippen MR) is 220 cm³/mol. The normalized spacial score (nSPS) is 18.8. The average Bonchev–Trinajstić information content (AvgIpc) is 3.59. The zero-order valence-electron chi connectivity index (χ0n) is 34.5. The number of ether oxygens (including phenoxy) is 3. The summed E-state index contributed by atoms with van der Waals surface area (Å²) < 4.78 is 51.4. The maximum atomic E-state index is 14.5. The molecule has 2 N–H and O–H groups in total. The first-order valence-electron chi connectivity index (χ1n) is 20.6. The van der Waals surface area contributed by atoms with E-state index in [9.17, 15) is 28.3 Å². The smallest absolute Gasteiger partial charge is 0.326 e. The van der Waals surface area contributed by atoms with Crippen LogP contribution in [0.25, 0.3) is 11.1 Å². The summed E-state index contributed by atoms with van der Waals surface area (Å²) in [4.78, 5) is 51.5. The van der Waals surface area contributed by atoms with Crippen molar-refractivity contribution in [1.29, 1.82) is 0 Å². The number of benzene rings is 3. The lowest BCUT2D eigenvalue weighted by Crippen LogP contribution is -2.51. The fourth-order valence-corrected chi connectivity index (χ4v) is 8.43. The van der Waals surface area contributed by atoms with Crippen LogP contribution in [0.4, 0.5) is 8.78 Å². The molecule has 0 spiro atoms.